The fraction of sp³-hybridized carbons (Fsp3) is 1.00. The van der Waals surface area contributed by atoms with Crippen LogP contribution in [0, 0.1) is 0 Å². The number of ether oxygens (including phenoxy) is 5. The Morgan fingerprint density at radius 2 is 0.821 bits per heavy atom. The molecule has 0 saturated carbocycles. The summed E-state index contributed by atoms with van der Waals surface area (Å²) in [6, 6.07) is 0. The van der Waals surface area contributed by atoms with E-state index in [1.165, 1.54) is 0 Å². The summed E-state index contributed by atoms with van der Waals surface area (Å²) >= 11 is 0. The van der Waals surface area contributed by atoms with Crippen molar-refractivity contribution in [3.05, 3.63) is 0 Å². The van der Waals surface area contributed by atoms with E-state index in [1.54, 1.807) is 0 Å². The first-order valence-electron chi connectivity index (χ1n) is 8.77. The van der Waals surface area contributed by atoms with Gasteiger partial charge in [-0.25, -0.2) is 4.39 Å². The maximum Gasteiger partial charge on any atom is 0.431 e. The third-order valence-corrected chi connectivity index (χ3v) is 3.40. The highest BCUT2D eigenvalue weighted by Crippen LogP contribution is 2.48. The summed E-state index contributed by atoms with van der Waals surface area (Å²) in [5, 5.41) is 0. The summed E-state index contributed by atoms with van der Waals surface area (Å²) in [4.78, 5) is 0. The highest BCUT2D eigenvalue weighted by atomic mass is 19.4. The van der Waals surface area contributed by atoms with E-state index < -0.39 is 37.5 Å². The predicted octanol–water partition coefficient (Wildman–Crippen LogP) is 3.70. The summed E-state index contributed by atoms with van der Waals surface area (Å²) < 4.78 is 113. The molecule has 0 aliphatic heterocycles. The van der Waals surface area contributed by atoms with Gasteiger partial charge in [0.25, 0.3) is 5.67 Å². The van der Waals surface area contributed by atoms with Gasteiger partial charge in [-0.3, -0.25) is 0 Å². The van der Waals surface area contributed by atoms with Gasteiger partial charge in [-0.1, -0.05) is 0 Å². The molecule has 0 aliphatic rings. The lowest BCUT2D eigenvalue weighted by atomic mass is 9.98. The summed E-state index contributed by atoms with van der Waals surface area (Å²) in [6.45, 7) is 4.37. The van der Waals surface area contributed by atoms with E-state index in [0.717, 1.165) is 0 Å². The van der Waals surface area contributed by atoms with Gasteiger partial charge in [0.05, 0.1) is 52.9 Å². The molecule has 0 aromatic heterocycles. The Bertz CT molecular complexity index is 363. The first kappa shape index (κ1) is 27.3. The maximum absolute atomic E-state index is 13.3. The summed E-state index contributed by atoms with van der Waals surface area (Å²) in [5.74, 6) is 0. The Balaban J connectivity index is 3.55. The molecule has 0 spiro atoms. The van der Waals surface area contributed by atoms with Gasteiger partial charge in [0.2, 0.25) is 0 Å². The number of rotatable bonds is 17. The first-order valence-corrected chi connectivity index (χ1v) is 8.77. The second-order valence-electron chi connectivity index (χ2n) is 5.55. The first-order chi connectivity index (χ1) is 13.1. The van der Waals surface area contributed by atoms with Crippen molar-refractivity contribution in [2.45, 2.75) is 37.8 Å². The third kappa shape index (κ3) is 11.3. The van der Waals surface area contributed by atoms with Crippen LogP contribution in [0.2, 0.25) is 0 Å². The largest absolute Gasteiger partial charge is 0.431 e. The molecule has 12 heteroatoms. The molecule has 0 aromatic carbocycles. The van der Waals surface area contributed by atoms with Gasteiger partial charge >= 0.3 is 12.4 Å². The Morgan fingerprint density at radius 3 is 1.14 bits per heavy atom. The van der Waals surface area contributed by atoms with Gasteiger partial charge in [-0.2, -0.15) is 26.3 Å². The van der Waals surface area contributed by atoms with Crippen LogP contribution in [0.4, 0.5) is 30.7 Å². The molecule has 0 aliphatic carbocycles. The van der Waals surface area contributed by atoms with Crippen molar-refractivity contribution >= 4 is 0 Å². The Kier molecular flexibility index (Phi) is 14.0. The molecule has 0 aromatic rings. The van der Waals surface area contributed by atoms with Crippen molar-refractivity contribution in [2.75, 3.05) is 66.1 Å². The van der Waals surface area contributed by atoms with Crippen molar-refractivity contribution in [1.29, 1.82) is 0 Å². The maximum atomic E-state index is 13.3. The van der Waals surface area contributed by atoms with Gasteiger partial charge in [-0.05, 0) is 13.3 Å². The van der Waals surface area contributed by atoms with E-state index in [-0.39, 0.29) is 26.4 Å². The second-order valence-corrected chi connectivity index (χ2v) is 5.55. The zero-order valence-corrected chi connectivity index (χ0v) is 15.7. The average Bonchev–Trinajstić information content (AvgIpc) is 2.59. The zero-order chi connectivity index (χ0) is 21.5. The van der Waals surface area contributed by atoms with Gasteiger partial charge < -0.3 is 23.7 Å². The van der Waals surface area contributed by atoms with Crippen molar-refractivity contribution in [3.63, 3.8) is 0 Å². The Hall–Kier alpha value is -0.690. The summed E-state index contributed by atoms with van der Waals surface area (Å²) in [6.07, 6.45) is -14.5. The standard InChI is InChI=1S/C16H27F7O5/c1-2-24-6-7-26-10-11-28-13-12-27-9-8-25-5-3-4-14(17,15(18,19)20)16(21,22)23/h2-13H2,1H3. The summed E-state index contributed by atoms with van der Waals surface area (Å²) in [7, 11) is 0. The smallest absolute Gasteiger partial charge is 0.379 e. The quantitative estimate of drug-likeness (QED) is 0.259. The molecule has 0 fully saturated rings. The van der Waals surface area contributed by atoms with Crippen LogP contribution in [0.1, 0.15) is 19.8 Å². The predicted molar refractivity (Wildman–Crippen MR) is 85.0 cm³/mol. The van der Waals surface area contributed by atoms with Gasteiger partial charge in [-0.15, -0.1) is 0 Å². The van der Waals surface area contributed by atoms with Crippen LogP contribution in [0.15, 0.2) is 0 Å². The zero-order valence-electron chi connectivity index (χ0n) is 15.7. The molecule has 0 radical (unpaired) electrons. The van der Waals surface area contributed by atoms with E-state index in [2.05, 4.69) is 0 Å². The number of hydrogen-bond donors (Lipinski definition) is 0. The molecular weight excluding hydrogens is 405 g/mol. The van der Waals surface area contributed by atoms with E-state index >= 15 is 0 Å². The van der Waals surface area contributed by atoms with Crippen molar-refractivity contribution < 1.29 is 54.4 Å². The number of hydrogen-bond acceptors (Lipinski definition) is 5. The molecule has 0 unspecified atom stereocenters. The molecule has 0 atom stereocenters. The van der Waals surface area contributed by atoms with Crippen molar-refractivity contribution in [3.8, 4) is 0 Å². The minimum absolute atomic E-state index is 0.0438. The van der Waals surface area contributed by atoms with Crippen LogP contribution < -0.4 is 0 Å². The second kappa shape index (κ2) is 14.3. The minimum Gasteiger partial charge on any atom is -0.379 e. The van der Waals surface area contributed by atoms with E-state index in [9.17, 15) is 30.7 Å². The molecule has 28 heavy (non-hydrogen) atoms. The highest BCUT2D eigenvalue weighted by molar-refractivity contribution is 4.94. The summed E-state index contributed by atoms with van der Waals surface area (Å²) in [5.41, 5.74) is -5.23. The third-order valence-electron chi connectivity index (χ3n) is 3.40. The normalized spacial score (nSPS) is 13.3. The number of halogens is 7. The lowest BCUT2D eigenvalue weighted by Gasteiger charge is -2.29. The molecule has 0 heterocycles. The lowest BCUT2D eigenvalue weighted by Crippen LogP contribution is -2.53. The monoisotopic (exact) mass is 432 g/mol. The van der Waals surface area contributed by atoms with Crippen molar-refractivity contribution in [1.82, 2.24) is 0 Å². The van der Waals surface area contributed by atoms with Gasteiger partial charge in [0, 0.05) is 19.6 Å². The van der Waals surface area contributed by atoms with E-state index in [4.69, 9.17) is 23.7 Å². The number of alkyl halides is 7. The molecule has 5 nitrogen and oxygen atoms in total. The fourth-order valence-corrected chi connectivity index (χ4v) is 1.89. The van der Waals surface area contributed by atoms with Crippen LogP contribution in [0.5, 0.6) is 0 Å². The average molecular weight is 432 g/mol. The minimum atomic E-state index is -6.03. The van der Waals surface area contributed by atoms with Crippen LogP contribution in [0.25, 0.3) is 0 Å². The van der Waals surface area contributed by atoms with E-state index in [0.29, 0.717) is 33.0 Å². The fourth-order valence-electron chi connectivity index (χ4n) is 1.89. The molecule has 0 rings (SSSR count). The van der Waals surface area contributed by atoms with Crippen LogP contribution in [-0.4, -0.2) is 84.1 Å². The van der Waals surface area contributed by atoms with Crippen LogP contribution >= 0.6 is 0 Å². The Morgan fingerprint density at radius 1 is 0.500 bits per heavy atom. The molecule has 0 saturated heterocycles. The van der Waals surface area contributed by atoms with Crippen LogP contribution in [-0.2, 0) is 23.7 Å². The molecule has 0 bridgehead atoms. The molecule has 0 amide bonds. The SMILES string of the molecule is CCOCCOCCOCCOCCOCCCC(F)(C(F)(F)F)C(F)(F)F. The highest BCUT2D eigenvalue weighted by Gasteiger charge is 2.71. The van der Waals surface area contributed by atoms with Crippen molar-refractivity contribution in [2.24, 2.45) is 0 Å². The van der Waals surface area contributed by atoms with E-state index in [1.807, 2.05) is 6.92 Å². The van der Waals surface area contributed by atoms with Gasteiger partial charge in [0.15, 0.2) is 0 Å². The van der Waals surface area contributed by atoms with Gasteiger partial charge in [0.1, 0.15) is 0 Å². The molecule has 170 valence electrons. The van der Waals surface area contributed by atoms with Crippen LogP contribution in [0.3, 0.4) is 0 Å². The molecular formula is C16H27F7O5. The Labute approximate surface area is 159 Å². The topological polar surface area (TPSA) is 46.2 Å². The molecule has 0 N–H and O–H groups in total. The lowest BCUT2D eigenvalue weighted by molar-refractivity contribution is -0.343.